The summed E-state index contributed by atoms with van der Waals surface area (Å²) in [5, 5.41) is 8.64. The number of rotatable bonds is 12. The quantitative estimate of drug-likeness (QED) is 0.185. The van der Waals surface area contributed by atoms with Crippen LogP contribution in [-0.2, 0) is 30.5 Å². The van der Waals surface area contributed by atoms with Gasteiger partial charge in [-0.1, -0.05) is 59.1 Å². The summed E-state index contributed by atoms with van der Waals surface area (Å²) in [6.45, 7) is 2.13. The van der Waals surface area contributed by atoms with Crippen molar-refractivity contribution in [1.29, 1.82) is 0 Å². The molecule has 2 aliphatic rings. The Morgan fingerprint density at radius 3 is 1.41 bits per heavy atom. The third-order valence-corrected chi connectivity index (χ3v) is 9.58. The highest BCUT2D eigenvalue weighted by Crippen LogP contribution is 2.39. The van der Waals surface area contributed by atoms with Crippen molar-refractivity contribution in [2.75, 3.05) is 37.9 Å². The molecule has 0 bridgehead atoms. The lowest BCUT2D eigenvalue weighted by Gasteiger charge is -2.27. The highest BCUT2D eigenvalue weighted by molar-refractivity contribution is 8.03. The summed E-state index contributed by atoms with van der Waals surface area (Å²) in [5.74, 6) is -0.439. The minimum Gasteiger partial charge on any atom is -0.343 e. The average Bonchev–Trinajstić information content (AvgIpc) is 3.68. The molecule has 0 saturated carbocycles. The van der Waals surface area contributed by atoms with E-state index in [0.29, 0.717) is 39.3 Å². The third-order valence-electron chi connectivity index (χ3n) is 6.22. The standard InChI is InChI=1S/C26H28F2N2O4S3/c27-21-7-3-19(4-8-21)25(31-13-14-32-25)11-1-17-35-23-29-30-24(37-23)36-18-2-12-26(33-15-16-34-26)20-5-9-22(28)10-6-20/h3-10H,1-2,11-18H2. The van der Waals surface area contributed by atoms with E-state index in [9.17, 15) is 8.78 Å². The van der Waals surface area contributed by atoms with E-state index in [1.54, 1.807) is 59.1 Å². The molecule has 3 heterocycles. The first-order chi connectivity index (χ1) is 18.1. The summed E-state index contributed by atoms with van der Waals surface area (Å²) in [5.41, 5.74) is 1.70. The molecule has 0 radical (unpaired) electrons. The van der Waals surface area contributed by atoms with Gasteiger partial charge in [0.2, 0.25) is 0 Å². The van der Waals surface area contributed by atoms with Gasteiger partial charge < -0.3 is 18.9 Å². The van der Waals surface area contributed by atoms with Gasteiger partial charge in [-0.05, 0) is 37.1 Å². The Bertz CT molecular complexity index is 1050. The fraction of sp³-hybridized carbons (Fsp3) is 0.462. The zero-order valence-corrected chi connectivity index (χ0v) is 22.6. The van der Waals surface area contributed by atoms with Gasteiger partial charge >= 0.3 is 0 Å². The van der Waals surface area contributed by atoms with Crippen molar-refractivity contribution in [3.05, 3.63) is 71.3 Å². The van der Waals surface area contributed by atoms with Crippen molar-refractivity contribution in [2.45, 2.75) is 45.9 Å². The van der Waals surface area contributed by atoms with Crippen LogP contribution in [0.15, 0.2) is 57.2 Å². The molecule has 0 aliphatic carbocycles. The van der Waals surface area contributed by atoms with Crippen LogP contribution in [0.1, 0.15) is 36.8 Å². The Hall–Kier alpha value is -1.60. The Kier molecular flexibility index (Phi) is 9.12. The van der Waals surface area contributed by atoms with Crippen LogP contribution in [0.2, 0.25) is 0 Å². The monoisotopic (exact) mass is 566 g/mol. The SMILES string of the molecule is Fc1ccc(C2(CCCSc3nnc(SCCCC4(c5ccc(F)cc5)OCCO4)s3)OCCO2)cc1. The van der Waals surface area contributed by atoms with E-state index in [4.69, 9.17) is 18.9 Å². The maximum atomic E-state index is 13.3. The second kappa shape index (κ2) is 12.5. The largest absolute Gasteiger partial charge is 0.343 e. The van der Waals surface area contributed by atoms with Gasteiger partial charge in [0.15, 0.2) is 20.3 Å². The molecule has 37 heavy (non-hydrogen) atoms. The van der Waals surface area contributed by atoms with Gasteiger partial charge in [-0.15, -0.1) is 10.2 Å². The van der Waals surface area contributed by atoms with Crippen LogP contribution in [0.25, 0.3) is 0 Å². The lowest BCUT2D eigenvalue weighted by atomic mass is 10.0. The number of halogens is 2. The van der Waals surface area contributed by atoms with Crippen molar-refractivity contribution in [3.8, 4) is 0 Å². The van der Waals surface area contributed by atoms with Crippen LogP contribution < -0.4 is 0 Å². The Morgan fingerprint density at radius 2 is 1.03 bits per heavy atom. The van der Waals surface area contributed by atoms with Gasteiger partial charge in [-0.2, -0.15) is 0 Å². The molecule has 198 valence electrons. The summed E-state index contributed by atoms with van der Waals surface area (Å²) in [6.07, 6.45) is 3.09. The molecule has 2 aliphatic heterocycles. The van der Waals surface area contributed by atoms with Crippen LogP contribution >= 0.6 is 34.9 Å². The molecule has 5 rings (SSSR count). The van der Waals surface area contributed by atoms with Gasteiger partial charge in [0, 0.05) is 35.5 Å². The van der Waals surface area contributed by atoms with Crippen molar-refractivity contribution in [2.24, 2.45) is 0 Å². The molecule has 0 amide bonds. The zero-order valence-electron chi connectivity index (χ0n) is 20.2. The normalized spacial score (nSPS) is 18.4. The van der Waals surface area contributed by atoms with Crippen LogP contribution in [0.4, 0.5) is 8.78 Å². The van der Waals surface area contributed by atoms with Gasteiger partial charge in [0.05, 0.1) is 26.4 Å². The smallest absolute Gasteiger partial charge is 0.195 e. The molecule has 1 aromatic heterocycles. The highest BCUT2D eigenvalue weighted by atomic mass is 32.2. The van der Waals surface area contributed by atoms with Crippen molar-refractivity contribution in [3.63, 3.8) is 0 Å². The van der Waals surface area contributed by atoms with Crippen LogP contribution in [-0.4, -0.2) is 48.1 Å². The summed E-state index contributed by atoms with van der Waals surface area (Å²) in [7, 11) is 0. The number of aromatic nitrogens is 2. The van der Waals surface area contributed by atoms with E-state index < -0.39 is 11.6 Å². The topological polar surface area (TPSA) is 62.7 Å². The molecule has 0 unspecified atom stereocenters. The van der Waals surface area contributed by atoms with Crippen LogP contribution in [0.3, 0.4) is 0 Å². The van der Waals surface area contributed by atoms with Crippen LogP contribution in [0.5, 0.6) is 0 Å². The Labute approximate surface area is 227 Å². The van der Waals surface area contributed by atoms with E-state index in [2.05, 4.69) is 10.2 Å². The van der Waals surface area contributed by atoms with Gasteiger partial charge in [0.1, 0.15) is 11.6 Å². The first kappa shape index (κ1) is 27.0. The number of nitrogens with zero attached hydrogens (tertiary/aromatic N) is 2. The van der Waals surface area contributed by atoms with Gasteiger partial charge in [-0.3, -0.25) is 0 Å². The lowest BCUT2D eigenvalue weighted by molar-refractivity contribution is -0.171. The number of hydrogen-bond donors (Lipinski definition) is 0. The maximum Gasteiger partial charge on any atom is 0.195 e. The molecule has 2 aromatic carbocycles. The summed E-state index contributed by atoms with van der Waals surface area (Å²) < 4.78 is 52.3. The summed E-state index contributed by atoms with van der Waals surface area (Å²) in [4.78, 5) is 0. The minimum atomic E-state index is -0.797. The number of ether oxygens (including phenoxy) is 4. The second-order valence-corrected chi connectivity index (χ2v) is 12.3. The Morgan fingerprint density at radius 1 is 0.649 bits per heavy atom. The summed E-state index contributed by atoms with van der Waals surface area (Å²) >= 11 is 4.92. The predicted octanol–water partition coefficient (Wildman–Crippen LogP) is 6.36. The molecule has 3 aromatic rings. The first-order valence-electron chi connectivity index (χ1n) is 12.2. The van der Waals surface area contributed by atoms with Gasteiger partial charge in [-0.25, -0.2) is 8.78 Å². The molecule has 2 fully saturated rings. The van der Waals surface area contributed by atoms with Crippen molar-refractivity contribution < 1.29 is 27.7 Å². The number of thioether (sulfide) groups is 2. The molecule has 0 atom stereocenters. The van der Waals surface area contributed by atoms with E-state index in [0.717, 1.165) is 44.2 Å². The fourth-order valence-electron chi connectivity index (χ4n) is 4.47. The minimum absolute atomic E-state index is 0.273. The predicted molar refractivity (Wildman–Crippen MR) is 140 cm³/mol. The zero-order chi connectivity index (χ0) is 25.6. The fourth-order valence-corrected chi connectivity index (χ4v) is 7.51. The molecule has 2 saturated heterocycles. The first-order valence-corrected chi connectivity index (χ1v) is 15.0. The molecule has 11 heteroatoms. The number of hydrogen-bond acceptors (Lipinski definition) is 9. The average molecular weight is 567 g/mol. The lowest BCUT2D eigenvalue weighted by Crippen LogP contribution is -2.27. The van der Waals surface area contributed by atoms with Crippen LogP contribution in [0, 0.1) is 11.6 Å². The highest BCUT2D eigenvalue weighted by Gasteiger charge is 2.39. The second-order valence-electron chi connectivity index (χ2n) is 8.65. The molecular formula is C26H28F2N2O4S3. The van der Waals surface area contributed by atoms with E-state index in [1.807, 2.05) is 0 Å². The number of benzene rings is 2. The third kappa shape index (κ3) is 6.70. The molecule has 0 spiro atoms. The molecule has 0 N–H and O–H groups in total. The van der Waals surface area contributed by atoms with E-state index in [1.165, 1.54) is 24.3 Å². The summed E-state index contributed by atoms with van der Waals surface area (Å²) in [6, 6.07) is 12.7. The molecular weight excluding hydrogens is 538 g/mol. The van der Waals surface area contributed by atoms with E-state index in [-0.39, 0.29) is 11.6 Å². The van der Waals surface area contributed by atoms with Crippen molar-refractivity contribution in [1.82, 2.24) is 10.2 Å². The molecule has 6 nitrogen and oxygen atoms in total. The van der Waals surface area contributed by atoms with Gasteiger partial charge in [0.25, 0.3) is 0 Å². The Balaban J connectivity index is 1.05. The van der Waals surface area contributed by atoms with E-state index >= 15 is 0 Å². The maximum absolute atomic E-state index is 13.3. The van der Waals surface area contributed by atoms with Crippen molar-refractivity contribution >= 4 is 34.9 Å².